The smallest absolute Gasteiger partial charge is 0.164 e. The summed E-state index contributed by atoms with van der Waals surface area (Å²) in [5, 5.41) is 4.45. The van der Waals surface area contributed by atoms with Gasteiger partial charge in [-0.15, -0.1) is 0 Å². The van der Waals surface area contributed by atoms with Gasteiger partial charge in [-0.1, -0.05) is 140 Å². The number of pyridine rings is 1. The van der Waals surface area contributed by atoms with Crippen LogP contribution in [0.1, 0.15) is 0 Å². The Kier molecular flexibility index (Phi) is 7.36. The van der Waals surface area contributed by atoms with Crippen molar-refractivity contribution in [1.29, 1.82) is 0 Å². The van der Waals surface area contributed by atoms with Crippen molar-refractivity contribution in [2.24, 2.45) is 0 Å². The lowest BCUT2D eigenvalue weighted by atomic mass is 9.91. The first-order valence-electron chi connectivity index (χ1n) is 17.6. The lowest BCUT2D eigenvalue weighted by Crippen LogP contribution is -2.01. The third-order valence-corrected chi connectivity index (χ3v) is 9.75. The molecule has 0 radical (unpaired) electrons. The molecule has 0 unspecified atom stereocenters. The van der Waals surface area contributed by atoms with E-state index in [0.29, 0.717) is 17.5 Å². The predicted octanol–water partition coefficient (Wildman–Crippen LogP) is 11.2. The summed E-state index contributed by atoms with van der Waals surface area (Å²) >= 11 is 0. The SMILES string of the molecule is c1ccc(-c2nc(-c3ccccc3)nc(-c3ccc(-c4ccc(-n5c(-c6ccccn6)nc6ccccc65)c5ccccc45)c4ccccc34)n2)cc1. The topological polar surface area (TPSA) is 69.4 Å². The average molecular weight is 679 g/mol. The van der Waals surface area contributed by atoms with Crippen LogP contribution >= 0.6 is 0 Å². The van der Waals surface area contributed by atoms with E-state index < -0.39 is 0 Å². The summed E-state index contributed by atoms with van der Waals surface area (Å²) in [4.78, 5) is 24.8. The van der Waals surface area contributed by atoms with Crippen LogP contribution < -0.4 is 0 Å². The van der Waals surface area contributed by atoms with Crippen LogP contribution in [0.25, 0.3) is 95.1 Å². The Morgan fingerprint density at radius 1 is 0.358 bits per heavy atom. The minimum absolute atomic E-state index is 0.634. The zero-order valence-electron chi connectivity index (χ0n) is 28.5. The molecule has 0 saturated heterocycles. The normalized spacial score (nSPS) is 11.4. The Morgan fingerprint density at radius 2 is 0.868 bits per heavy atom. The number of hydrogen-bond donors (Lipinski definition) is 0. The summed E-state index contributed by atoms with van der Waals surface area (Å²) in [5.41, 5.74) is 8.93. The van der Waals surface area contributed by atoms with Gasteiger partial charge in [-0.25, -0.2) is 19.9 Å². The van der Waals surface area contributed by atoms with Crippen LogP contribution in [0, 0.1) is 0 Å². The molecule has 0 bridgehead atoms. The van der Waals surface area contributed by atoms with Crippen molar-refractivity contribution in [3.63, 3.8) is 0 Å². The number of para-hydroxylation sites is 2. The highest BCUT2D eigenvalue weighted by atomic mass is 15.1. The second kappa shape index (κ2) is 12.8. The summed E-state index contributed by atoms with van der Waals surface area (Å²) in [7, 11) is 0. The van der Waals surface area contributed by atoms with Gasteiger partial charge in [-0.3, -0.25) is 9.55 Å². The highest BCUT2D eigenvalue weighted by Crippen LogP contribution is 2.41. The molecule has 0 saturated carbocycles. The van der Waals surface area contributed by atoms with Crippen LogP contribution in [-0.4, -0.2) is 29.5 Å². The number of rotatable bonds is 6. The number of imidazole rings is 1. The van der Waals surface area contributed by atoms with Gasteiger partial charge in [-0.2, -0.15) is 0 Å². The summed E-state index contributed by atoms with van der Waals surface area (Å²) in [6, 6.07) is 60.4. The quantitative estimate of drug-likeness (QED) is 0.175. The van der Waals surface area contributed by atoms with E-state index in [0.717, 1.165) is 77.6 Å². The lowest BCUT2D eigenvalue weighted by molar-refractivity contribution is 1.08. The van der Waals surface area contributed by atoms with Gasteiger partial charge in [0.25, 0.3) is 0 Å². The van der Waals surface area contributed by atoms with E-state index in [1.807, 2.05) is 91.1 Å². The number of fused-ring (bicyclic) bond motifs is 3. The molecule has 0 amide bonds. The molecular formula is C47H30N6. The molecule has 0 fully saturated rings. The molecule has 3 heterocycles. The van der Waals surface area contributed by atoms with Gasteiger partial charge in [-0.05, 0) is 63.7 Å². The molecule has 53 heavy (non-hydrogen) atoms. The third-order valence-electron chi connectivity index (χ3n) is 9.75. The van der Waals surface area contributed by atoms with Crippen LogP contribution in [-0.2, 0) is 0 Å². The van der Waals surface area contributed by atoms with Crippen molar-refractivity contribution >= 4 is 32.6 Å². The van der Waals surface area contributed by atoms with Crippen LogP contribution in [0.5, 0.6) is 0 Å². The summed E-state index contributed by atoms with van der Waals surface area (Å²) in [6.45, 7) is 0. The van der Waals surface area contributed by atoms with Gasteiger partial charge >= 0.3 is 0 Å². The molecule has 248 valence electrons. The van der Waals surface area contributed by atoms with E-state index in [1.165, 1.54) is 0 Å². The molecule has 3 aromatic heterocycles. The first-order chi connectivity index (χ1) is 26.3. The van der Waals surface area contributed by atoms with Gasteiger partial charge in [0.1, 0.15) is 5.69 Å². The molecule has 0 aliphatic carbocycles. The van der Waals surface area contributed by atoms with Crippen LogP contribution in [0.15, 0.2) is 182 Å². The zero-order valence-corrected chi connectivity index (χ0v) is 28.5. The molecule has 0 aliphatic heterocycles. The van der Waals surface area contributed by atoms with Gasteiger partial charge in [0.05, 0.1) is 16.7 Å². The van der Waals surface area contributed by atoms with E-state index in [-0.39, 0.29) is 0 Å². The maximum absolute atomic E-state index is 5.06. The molecule has 10 rings (SSSR count). The molecule has 6 nitrogen and oxygen atoms in total. The van der Waals surface area contributed by atoms with Crippen molar-refractivity contribution in [1.82, 2.24) is 29.5 Å². The van der Waals surface area contributed by atoms with E-state index in [9.17, 15) is 0 Å². The minimum Gasteiger partial charge on any atom is -0.290 e. The second-order valence-corrected chi connectivity index (χ2v) is 12.9. The molecule has 10 aromatic rings. The van der Waals surface area contributed by atoms with Crippen molar-refractivity contribution < 1.29 is 0 Å². The zero-order chi connectivity index (χ0) is 35.1. The molecule has 0 N–H and O–H groups in total. The van der Waals surface area contributed by atoms with Crippen LogP contribution in [0.3, 0.4) is 0 Å². The molecule has 0 spiro atoms. The Bertz CT molecular complexity index is 2880. The van der Waals surface area contributed by atoms with Crippen molar-refractivity contribution in [3.05, 3.63) is 182 Å². The van der Waals surface area contributed by atoms with Crippen molar-refractivity contribution in [2.75, 3.05) is 0 Å². The number of benzene rings is 7. The van der Waals surface area contributed by atoms with E-state index in [2.05, 4.69) is 95.6 Å². The summed E-state index contributed by atoms with van der Waals surface area (Å²) in [5.74, 6) is 2.72. The Balaban J connectivity index is 1.17. The number of nitrogens with zero attached hydrogens (tertiary/aromatic N) is 6. The summed E-state index contributed by atoms with van der Waals surface area (Å²) < 4.78 is 2.24. The van der Waals surface area contributed by atoms with E-state index in [1.54, 1.807) is 0 Å². The van der Waals surface area contributed by atoms with Crippen LogP contribution in [0.2, 0.25) is 0 Å². The molecule has 0 atom stereocenters. The maximum atomic E-state index is 5.06. The Labute approximate surface area is 305 Å². The monoisotopic (exact) mass is 678 g/mol. The minimum atomic E-state index is 0.634. The number of hydrogen-bond acceptors (Lipinski definition) is 5. The molecule has 7 aromatic carbocycles. The van der Waals surface area contributed by atoms with Gasteiger partial charge in [0.15, 0.2) is 23.3 Å². The Hall–Kier alpha value is -7.31. The van der Waals surface area contributed by atoms with Crippen molar-refractivity contribution in [2.45, 2.75) is 0 Å². The first kappa shape index (κ1) is 30.5. The highest BCUT2D eigenvalue weighted by molar-refractivity contribution is 6.11. The fourth-order valence-electron chi connectivity index (χ4n) is 7.31. The van der Waals surface area contributed by atoms with Gasteiger partial charge in [0, 0.05) is 28.3 Å². The standard InChI is InChI=1S/C47H30N6/c1-3-15-31(16-4-1)44-50-45(32-17-5-2-6-18-32)52-46(51-44)39-27-26-36(33-19-7-8-21-35(33)39)37-28-29-42(38-22-10-9-20-34(37)38)53-43-25-12-11-23-40(43)49-47(53)41-24-13-14-30-48-41/h1-30H. The number of aromatic nitrogens is 6. The van der Waals surface area contributed by atoms with Gasteiger partial charge < -0.3 is 0 Å². The maximum Gasteiger partial charge on any atom is 0.164 e. The highest BCUT2D eigenvalue weighted by Gasteiger charge is 2.20. The van der Waals surface area contributed by atoms with Gasteiger partial charge in [0.2, 0.25) is 0 Å². The molecule has 6 heteroatoms. The largest absolute Gasteiger partial charge is 0.290 e. The predicted molar refractivity (Wildman–Crippen MR) is 214 cm³/mol. The lowest BCUT2D eigenvalue weighted by Gasteiger charge is -2.17. The fraction of sp³-hybridized carbons (Fsp3) is 0. The second-order valence-electron chi connectivity index (χ2n) is 12.9. The molecular weight excluding hydrogens is 649 g/mol. The fourth-order valence-corrected chi connectivity index (χ4v) is 7.31. The average Bonchev–Trinajstić information content (AvgIpc) is 3.63. The molecule has 0 aliphatic rings. The van der Waals surface area contributed by atoms with E-state index >= 15 is 0 Å². The van der Waals surface area contributed by atoms with Crippen molar-refractivity contribution in [3.8, 4) is 62.5 Å². The Morgan fingerprint density at radius 3 is 1.53 bits per heavy atom. The first-order valence-corrected chi connectivity index (χ1v) is 17.6. The third kappa shape index (κ3) is 5.32. The van der Waals surface area contributed by atoms with Crippen LogP contribution in [0.4, 0.5) is 0 Å². The summed E-state index contributed by atoms with van der Waals surface area (Å²) in [6.07, 6.45) is 1.82. The van der Waals surface area contributed by atoms with E-state index in [4.69, 9.17) is 24.9 Å².